The second kappa shape index (κ2) is 5.75. The number of aromatic hydroxyl groups is 1. The van der Waals surface area contributed by atoms with Gasteiger partial charge in [0.05, 0.1) is 13.2 Å². The molecule has 90 valence electrons. The molecule has 3 nitrogen and oxygen atoms in total. The van der Waals surface area contributed by atoms with Crippen molar-refractivity contribution < 1.29 is 14.9 Å². The highest BCUT2D eigenvalue weighted by Gasteiger charge is 2.10. The van der Waals surface area contributed by atoms with Gasteiger partial charge in [-0.2, -0.15) is 0 Å². The van der Waals surface area contributed by atoms with E-state index in [4.69, 9.17) is 4.74 Å². The Labute approximate surface area is 96.7 Å². The van der Waals surface area contributed by atoms with Crippen molar-refractivity contribution in [3.63, 3.8) is 0 Å². The van der Waals surface area contributed by atoms with Gasteiger partial charge in [-0.15, -0.1) is 0 Å². The van der Waals surface area contributed by atoms with Crippen molar-refractivity contribution >= 4 is 0 Å². The molecule has 0 saturated carbocycles. The molecule has 1 aromatic carbocycles. The van der Waals surface area contributed by atoms with Crippen LogP contribution in [0.25, 0.3) is 0 Å². The van der Waals surface area contributed by atoms with Crippen LogP contribution in [-0.2, 0) is 6.42 Å². The van der Waals surface area contributed by atoms with Gasteiger partial charge in [-0.1, -0.05) is 19.9 Å². The number of phenolic OH excluding ortho intramolecular Hbond substituents is 1. The number of hydrogen-bond acceptors (Lipinski definition) is 3. The van der Waals surface area contributed by atoms with E-state index in [0.717, 1.165) is 12.0 Å². The van der Waals surface area contributed by atoms with Gasteiger partial charge in [0.1, 0.15) is 0 Å². The molecule has 0 saturated heterocycles. The first-order valence-corrected chi connectivity index (χ1v) is 5.57. The molecule has 2 N–H and O–H groups in total. The largest absolute Gasteiger partial charge is 0.504 e. The number of hydrogen-bond donors (Lipinski definition) is 2. The minimum atomic E-state index is -0.339. The number of rotatable bonds is 5. The summed E-state index contributed by atoms with van der Waals surface area (Å²) in [5.41, 5.74) is 0.975. The number of aliphatic hydroxyl groups excluding tert-OH is 1. The summed E-state index contributed by atoms with van der Waals surface area (Å²) in [6, 6.07) is 5.16. The Morgan fingerprint density at radius 2 is 2.00 bits per heavy atom. The topological polar surface area (TPSA) is 49.7 Å². The third-order valence-electron chi connectivity index (χ3n) is 2.46. The summed E-state index contributed by atoms with van der Waals surface area (Å²) in [5.74, 6) is 1.06. The molecule has 0 fully saturated rings. The van der Waals surface area contributed by atoms with Crippen LogP contribution in [0.4, 0.5) is 0 Å². The summed E-state index contributed by atoms with van der Waals surface area (Å²) in [4.78, 5) is 0. The number of ether oxygens (including phenoxy) is 1. The smallest absolute Gasteiger partial charge is 0.160 e. The molecule has 0 spiro atoms. The molecular weight excluding hydrogens is 204 g/mol. The van der Waals surface area contributed by atoms with Crippen molar-refractivity contribution in [3.8, 4) is 11.5 Å². The number of phenols is 1. The third-order valence-corrected chi connectivity index (χ3v) is 2.46. The van der Waals surface area contributed by atoms with Gasteiger partial charge < -0.3 is 14.9 Å². The lowest BCUT2D eigenvalue weighted by atomic mass is 9.99. The summed E-state index contributed by atoms with van der Waals surface area (Å²) in [6.45, 7) is 4.17. The normalized spacial score (nSPS) is 12.8. The van der Waals surface area contributed by atoms with E-state index in [-0.39, 0.29) is 11.9 Å². The molecule has 1 aromatic rings. The number of benzene rings is 1. The highest BCUT2D eigenvalue weighted by Crippen LogP contribution is 2.27. The van der Waals surface area contributed by atoms with Crippen molar-refractivity contribution in [2.75, 3.05) is 7.11 Å². The molecule has 0 aliphatic carbocycles. The maximum absolute atomic E-state index is 9.80. The van der Waals surface area contributed by atoms with Crippen LogP contribution in [0.3, 0.4) is 0 Å². The van der Waals surface area contributed by atoms with Crippen LogP contribution in [0.15, 0.2) is 18.2 Å². The molecule has 0 aromatic heterocycles. The summed E-state index contributed by atoms with van der Waals surface area (Å²) in [7, 11) is 1.52. The van der Waals surface area contributed by atoms with Crippen molar-refractivity contribution in [2.24, 2.45) is 5.92 Å². The summed E-state index contributed by atoms with van der Waals surface area (Å²) >= 11 is 0. The van der Waals surface area contributed by atoms with Crippen LogP contribution in [0.2, 0.25) is 0 Å². The van der Waals surface area contributed by atoms with Gasteiger partial charge in [-0.05, 0) is 36.5 Å². The van der Waals surface area contributed by atoms with E-state index < -0.39 is 0 Å². The van der Waals surface area contributed by atoms with E-state index in [0.29, 0.717) is 18.1 Å². The van der Waals surface area contributed by atoms with Gasteiger partial charge >= 0.3 is 0 Å². The zero-order valence-corrected chi connectivity index (χ0v) is 10.1. The Balaban J connectivity index is 2.67. The fraction of sp³-hybridized carbons (Fsp3) is 0.538. The second-order valence-electron chi connectivity index (χ2n) is 4.49. The van der Waals surface area contributed by atoms with E-state index in [9.17, 15) is 10.2 Å². The Hall–Kier alpha value is -1.22. The van der Waals surface area contributed by atoms with Crippen LogP contribution >= 0.6 is 0 Å². The van der Waals surface area contributed by atoms with Crippen LogP contribution in [0.1, 0.15) is 25.8 Å². The fourth-order valence-electron chi connectivity index (χ4n) is 1.75. The first-order valence-electron chi connectivity index (χ1n) is 5.57. The molecular formula is C13H20O3. The first-order chi connectivity index (χ1) is 7.52. The predicted molar refractivity (Wildman–Crippen MR) is 63.8 cm³/mol. The van der Waals surface area contributed by atoms with Crippen LogP contribution in [0, 0.1) is 5.92 Å². The van der Waals surface area contributed by atoms with Crippen LogP contribution < -0.4 is 4.74 Å². The minimum absolute atomic E-state index is 0.129. The van der Waals surface area contributed by atoms with Gasteiger partial charge in [0.2, 0.25) is 0 Å². The molecule has 0 amide bonds. The van der Waals surface area contributed by atoms with E-state index in [1.807, 2.05) is 0 Å². The maximum Gasteiger partial charge on any atom is 0.160 e. The molecule has 0 radical (unpaired) electrons. The summed E-state index contributed by atoms with van der Waals surface area (Å²) in [5, 5.41) is 19.2. The van der Waals surface area contributed by atoms with Crippen LogP contribution in [0.5, 0.6) is 11.5 Å². The highest BCUT2D eigenvalue weighted by molar-refractivity contribution is 5.41. The van der Waals surface area contributed by atoms with E-state index in [1.165, 1.54) is 7.11 Å². The number of aliphatic hydroxyl groups is 1. The maximum atomic E-state index is 9.80. The molecule has 0 aliphatic heterocycles. The molecule has 1 rings (SSSR count). The highest BCUT2D eigenvalue weighted by atomic mass is 16.5. The van der Waals surface area contributed by atoms with E-state index in [2.05, 4.69) is 13.8 Å². The standard InChI is InChI=1S/C13H20O3/c1-9(2)6-11(14)7-10-4-5-12(15)13(8-10)16-3/h4-5,8-9,11,14-15H,6-7H2,1-3H3. The van der Waals surface area contributed by atoms with Gasteiger partial charge in [0.15, 0.2) is 11.5 Å². The van der Waals surface area contributed by atoms with E-state index >= 15 is 0 Å². The molecule has 16 heavy (non-hydrogen) atoms. The first kappa shape index (κ1) is 12.8. The Kier molecular flexibility index (Phi) is 4.62. The summed E-state index contributed by atoms with van der Waals surface area (Å²) in [6.07, 6.45) is 1.03. The number of methoxy groups -OCH3 is 1. The van der Waals surface area contributed by atoms with Crippen molar-refractivity contribution in [1.29, 1.82) is 0 Å². The lowest BCUT2D eigenvalue weighted by Crippen LogP contribution is -2.13. The zero-order chi connectivity index (χ0) is 12.1. The Bertz CT molecular complexity index is 334. The molecule has 0 aliphatic rings. The van der Waals surface area contributed by atoms with Gasteiger partial charge in [0, 0.05) is 0 Å². The van der Waals surface area contributed by atoms with Gasteiger partial charge in [0.25, 0.3) is 0 Å². The SMILES string of the molecule is COc1cc(CC(O)CC(C)C)ccc1O. The second-order valence-corrected chi connectivity index (χ2v) is 4.49. The fourth-order valence-corrected chi connectivity index (χ4v) is 1.75. The molecule has 1 atom stereocenters. The van der Waals surface area contributed by atoms with Crippen molar-refractivity contribution in [3.05, 3.63) is 23.8 Å². The monoisotopic (exact) mass is 224 g/mol. The Morgan fingerprint density at radius 3 is 2.56 bits per heavy atom. The van der Waals surface area contributed by atoms with Crippen LogP contribution in [-0.4, -0.2) is 23.4 Å². The average molecular weight is 224 g/mol. The molecule has 1 unspecified atom stereocenters. The van der Waals surface area contributed by atoms with Crippen molar-refractivity contribution in [1.82, 2.24) is 0 Å². The lowest BCUT2D eigenvalue weighted by Gasteiger charge is -2.13. The zero-order valence-electron chi connectivity index (χ0n) is 10.1. The van der Waals surface area contributed by atoms with Crippen molar-refractivity contribution in [2.45, 2.75) is 32.8 Å². The molecule has 0 heterocycles. The van der Waals surface area contributed by atoms with Gasteiger partial charge in [-0.25, -0.2) is 0 Å². The lowest BCUT2D eigenvalue weighted by molar-refractivity contribution is 0.149. The molecule has 0 bridgehead atoms. The summed E-state index contributed by atoms with van der Waals surface area (Å²) < 4.78 is 5.02. The quantitative estimate of drug-likeness (QED) is 0.807. The van der Waals surface area contributed by atoms with E-state index in [1.54, 1.807) is 18.2 Å². The molecule has 3 heteroatoms. The average Bonchev–Trinajstić information content (AvgIpc) is 2.19. The third kappa shape index (κ3) is 3.74. The Morgan fingerprint density at radius 1 is 1.31 bits per heavy atom. The minimum Gasteiger partial charge on any atom is -0.504 e. The van der Waals surface area contributed by atoms with Gasteiger partial charge in [-0.3, -0.25) is 0 Å². The predicted octanol–water partition coefficient (Wildman–Crippen LogP) is 2.35.